The average molecular weight is 430 g/mol. The van der Waals surface area contributed by atoms with Crippen molar-refractivity contribution in [3.05, 3.63) is 88.4 Å². The molecule has 6 heteroatoms. The van der Waals surface area contributed by atoms with E-state index in [2.05, 4.69) is 0 Å². The molecule has 0 saturated heterocycles. The highest BCUT2D eigenvalue weighted by Crippen LogP contribution is 2.35. The van der Waals surface area contributed by atoms with Gasteiger partial charge in [-0.1, -0.05) is 47.5 Å². The van der Waals surface area contributed by atoms with Gasteiger partial charge >= 0.3 is 0 Å². The van der Waals surface area contributed by atoms with E-state index in [0.717, 1.165) is 16.7 Å². The van der Waals surface area contributed by atoms with Crippen LogP contribution in [0.3, 0.4) is 0 Å². The largest absolute Gasteiger partial charge is 0.497 e. The number of hydrogen-bond acceptors (Lipinski definition) is 3. The topological polar surface area (TPSA) is 46.6 Å². The van der Waals surface area contributed by atoms with Gasteiger partial charge in [-0.05, 0) is 68.3 Å². The van der Waals surface area contributed by atoms with Crippen molar-refractivity contribution in [2.75, 3.05) is 11.4 Å². The van der Waals surface area contributed by atoms with Crippen molar-refractivity contribution < 1.29 is 13.2 Å². The van der Waals surface area contributed by atoms with Gasteiger partial charge < -0.3 is 4.74 Å². The van der Waals surface area contributed by atoms with Crippen LogP contribution in [0, 0.1) is 13.8 Å². The molecule has 0 amide bonds. The summed E-state index contributed by atoms with van der Waals surface area (Å²) in [6.07, 6.45) is 0. The first-order chi connectivity index (χ1) is 13.7. The third-order valence-electron chi connectivity index (χ3n) is 4.94. The van der Waals surface area contributed by atoms with E-state index in [1.54, 1.807) is 43.5 Å². The summed E-state index contributed by atoms with van der Waals surface area (Å²) in [5.74, 6) is 0.660. The molecule has 152 valence electrons. The third kappa shape index (κ3) is 4.41. The average Bonchev–Trinajstić information content (AvgIpc) is 2.71. The van der Waals surface area contributed by atoms with E-state index in [1.807, 2.05) is 45.0 Å². The Balaban J connectivity index is 2.15. The monoisotopic (exact) mass is 429 g/mol. The van der Waals surface area contributed by atoms with Crippen molar-refractivity contribution in [3.63, 3.8) is 0 Å². The molecule has 0 spiro atoms. The summed E-state index contributed by atoms with van der Waals surface area (Å²) < 4.78 is 34.0. The maximum Gasteiger partial charge on any atom is 0.264 e. The van der Waals surface area contributed by atoms with Crippen LogP contribution in [-0.2, 0) is 10.0 Å². The predicted octanol–water partition coefficient (Wildman–Crippen LogP) is 5.92. The number of halogens is 1. The zero-order valence-corrected chi connectivity index (χ0v) is 18.5. The molecule has 0 radical (unpaired) electrons. The number of rotatable bonds is 6. The van der Waals surface area contributed by atoms with Gasteiger partial charge in [-0.15, -0.1) is 0 Å². The number of hydrogen-bond donors (Lipinski definition) is 0. The van der Waals surface area contributed by atoms with Crippen molar-refractivity contribution in [1.29, 1.82) is 0 Å². The van der Waals surface area contributed by atoms with Crippen molar-refractivity contribution >= 4 is 27.3 Å². The van der Waals surface area contributed by atoms with E-state index >= 15 is 0 Å². The lowest BCUT2D eigenvalue weighted by atomic mass is 10.1. The smallest absolute Gasteiger partial charge is 0.264 e. The Morgan fingerprint density at radius 3 is 2.10 bits per heavy atom. The SMILES string of the molecule is COc1ccc(N(C(C)c2ccc(C)cc2)S(=O)(=O)c2ccc(C)c(Cl)c2)cc1. The lowest BCUT2D eigenvalue weighted by Crippen LogP contribution is -2.33. The minimum Gasteiger partial charge on any atom is -0.497 e. The maximum absolute atomic E-state index is 13.7. The minimum absolute atomic E-state index is 0.155. The molecule has 1 unspecified atom stereocenters. The summed E-state index contributed by atoms with van der Waals surface area (Å²) in [5, 5.41) is 0.420. The summed E-state index contributed by atoms with van der Waals surface area (Å²) in [6.45, 7) is 5.72. The van der Waals surface area contributed by atoms with Gasteiger partial charge in [-0.3, -0.25) is 4.31 Å². The molecule has 1 atom stereocenters. The Bertz CT molecular complexity index is 1090. The highest BCUT2D eigenvalue weighted by atomic mass is 35.5. The van der Waals surface area contributed by atoms with Crippen LogP contribution in [0.5, 0.6) is 5.75 Å². The molecule has 3 aromatic rings. The Kier molecular flexibility index (Phi) is 6.20. The molecular formula is C23H24ClNO3S. The molecule has 0 aliphatic heterocycles. The second-order valence-corrected chi connectivity index (χ2v) is 9.22. The summed E-state index contributed by atoms with van der Waals surface area (Å²) in [6, 6.07) is 19.3. The second-order valence-electron chi connectivity index (χ2n) is 7.00. The molecule has 3 rings (SSSR count). The van der Waals surface area contributed by atoms with Gasteiger partial charge in [-0.2, -0.15) is 0 Å². The van der Waals surface area contributed by atoms with E-state index < -0.39 is 16.1 Å². The van der Waals surface area contributed by atoms with E-state index in [9.17, 15) is 8.42 Å². The van der Waals surface area contributed by atoms with Crippen molar-refractivity contribution in [2.24, 2.45) is 0 Å². The van der Waals surface area contributed by atoms with E-state index in [1.165, 1.54) is 10.4 Å². The highest BCUT2D eigenvalue weighted by Gasteiger charge is 2.31. The maximum atomic E-state index is 13.7. The van der Waals surface area contributed by atoms with Crippen LogP contribution < -0.4 is 9.04 Å². The van der Waals surface area contributed by atoms with Crippen LogP contribution in [0.1, 0.15) is 29.7 Å². The molecule has 0 fully saturated rings. The zero-order valence-electron chi connectivity index (χ0n) is 16.9. The van der Waals surface area contributed by atoms with Crippen LogP contribution in [0.2, 0.25) is 5.02 Å². The molecule has 0 aromatic heterocycles. The van der Waals surface area contributed by atoms with Crippen LogP contribution >= 0.6 is 11.6 Å². The number of sulfonamides is 1. The van der Waals surface area contributed by atoms with E-state index in [-0.39, 0.29) is 4.90 Å². The standard InChI is InChI=1S/C23H24ClNO3S/c1-16-5-8-19(9-6-16)18(3)25(20-10-12-21(28-4)13-11-20)29(26,27)22-14-7-17(2)23(24)15-22/h5-15,18H,1-4H3. The number of ether oxygens (including phenoxy) is 1. The van der Waals surface area contributed by atoms with Gasteiger partial charge in [0.2, 0.25) is 0 Å². The Labute approximate surface area is 177 Å². The van der Waals surface area contributed by atoms with Crippen molar-refractivity contribution in [1.82, 2.24) is 0 Å². The van der Waals surface area contributed by atoms with Gasteiger partial charge in [0.15, 0.2) is 0 Å². The quantitative estimate of drug-likeness (QED) is 0.488. The molecule has 4 nitrogen and oxygen atoms in total. The summed E-state index contributed by atoms with van der Waals surface area (Å²) in [4.78, 5) is 0.155. The Morgan fingerprint density at radius 1 is 0.931 bits per heavy atom. The molecule has 0 bridgehead atoms. The van der Waals surface area contributed by atoms with Gasteiger partial charge in [0, 0.05) is 5.02 Å². The van der Waals surface area contributed by atoms with Gasteiger partial charge in [0.1, 0.15) is 5.75 Å². The Morgan fingerprint density at radius 2 is 1.55 bits per heavy atom. The first kappa shape index (κ1) is 21.2. The van der Waals surface area contributed by atoms with Crippen LogP contribution in [0.25, 0.3) is 0 Å². The van der Waals surface area contributed by atoms with Gasteiger partial charge in [0.05, 0.1) is 23.7 Å². The number of aryl methyl sites for hydroxylation is 2. The molecule has 0 saturated carbocycles. The minimum atomic E-state index is -3.86. The molecule has 0 aliphatic carbocycles. The molecular weight excluding hydrogens is 406 g/mol. The lowest BCUT2D eigenvalue weighted by molar-refractivity contribution is 0.415. The molecule has 29 heavy (non-hydrogen) atoms. The fraction of sp³-hybridized carbons (Fsp3) is 0.217. The van der Waals surface area contributed by atoms with Crippen molar-refractivity contribution in [3.8, 4) is 5.75 Å². The molecule has 0 aliphatic rings. The number of benzene rings is 3. The van der Waals surface area contributed by atoms with Crippen LogP contribution in [0.15, 0.2) is 71.6 Å². The normalized spacial score (nSPS) is 12.4. The number of anilines is 1. The highest BCUT2D eigenvalue weighted by molar-refractivity contribution is 7.92. The number of methoxy groups -OCH3 is 1. The van der Waals surface area contributed by atoms with E-state index in [0.29, 0.717) is 16.5 Å². The summed E-state index contributed by atoms with van der Waals surface area (Å²) >= 11 is 6.22. The first-order valence-corrected chi connectivity index (χ1v) is 11.1. The van der Waals surface area contributed by atoms with Crippen molar-refractivity contribution in [2.45, 2.75) is 31.7 Å². The zero-order chi connectivity index (χ0) is 21.2. The van der Waals surface area contributed by atoms with Gasteiger partial charge in [0.25, 0.3) is 10.0 Å². The van der Waals surface area contributed by atoms with Gasteiger partial charge in [-0.25, -0.2) is 8.42 Å². The number of nitrogens with zero attached hydrogens (tertiary/aromatic N) is 1. The molecule has 0 N–H and O–H groups in total. The van der Waals surface area contributed by atoms with E-state index in [4.69, 9.17) is 16.3 Å². The Hall–Kier alpha value is -2.50. The molecule has 0 heterocycles. The lowest BCUT2D eigenvalue weighted by Gasteiger charge is -2.31. The second kappa shape index (κ2) is 8.47. The molecule has 3 aromatic carbocycles. The fourth-order valence-electron chi connectivity index (χ4n) is 3.13. The van der Waals surface area contributed by atoms with Crippen LogP contribution in [0.4, 0.5) is 5.69 Å². The third-order valence-corrected chi connectivity index (χ3v) is 7.24. The fourth-order valence-corrected chi connectivity index (χ4v) is 5.04. The predicted molar refractivity (Wildman–Crippen MR) is 118 cm³/mol. The summed E-state index contributed by atoms with van der Waals surface area (Å²) in [5.41, 5.74) is 3.39. The van der Waals surface area contributed by atoms with Crippen LogP contribution in [-0.4, -0.2) is 15.5 Å². The first-order valence-electron chi connectivity index (χ1n) is 9.25. The summed E-state index contributed by atoms with van der Waals surface area (Å²) in [7, 11) is -2.29.